The van der Waals surface area contributed by atoms with Crippen molar-refractivity contribution in [2.75, 3.05) is 19.6 Å². The smallest absolute Gasteiger partial charge is 0.237 e. The molecular formula is C14H28N2O2. The number of carbonyl (C=O) groups is 1. The summed E-state index contributed by atoms with van der Waals surface area (Å²) in [4.78, 5) is 14.1. The molecule has 0 aromatic carbocycles. The molecule has 1 saturated heterocycles. The Balaban J connectivity index is 2.38. The Hall–Kier alpha value is -0.610. The molecule has 0 radical (unpaired) electrons. The molecule has 0 saturated carbocycles. The highest BCUT2D eigenvalue weighted by molar-refractivity contribution is 5.81. The second kappa shape index (κ2) is 6.53. The third-order valence-electron chi connectivity index (χ3n) is 3.65. The van der Waals surface area contributed by atoms with E-state index in [2.05, 4.69) is 24.1 Å². The standard InChI is InChI=1S/C14H28N2O2/c1-11(2)6-8-15-13(17)12(3)16-9-5-7-14(4,18)10-16/h11-12,18H,5-10H2,1-4H3,(H,15,17). The molecule has 1 aliphatic heterocycles. The Bertz CT molecular complexity index is 277. The van der Waals surface area contributed by atoms with Gasteiger partial charge < -0.3 is 10.4 Å². The molecule has 0 aromatic rings. The van der Waals surface area contributed by atoms with Crippen molar-refractivity contribution in [3.63, 3.8) is 0 Å². The number of β-amino-alcohol motifs (C(OH)–C–C–N with tert-alkyl or cyclic N) is 1. The highest BCUT2D eigenvalue weighted by Gasteiger charge is 2.32. The van der Waals surface area contributed by atoms with Gasteiger partial charge in [-0.3, -0.25) is 9.69 Å². The zero-order valence-corrected chi connectivity index (χ0v) is 12.2. The van der Waals surface area contributed by atoms with Crippen LogP contribution in [0.1, 0.15) is 47.0 Å². The number of hydrogen-bond donors (Lipinski definition) is 2. The van der Waals surface area contributed by atoms with Crippen LogP contribution in [0.4, 0.5) is 0 Å². The molecular weight excluding hydrogens is 228 g/mol. The Morgan fingerprint density at radius 3 is 2.67 bits per heavy atom. The number of nitrogens with zero attached hydrogens (tertiary/aromatic N) is 1. The zero-order chi connectivity index (χ0) is 13.8. The molecule has 4 heteroatoms. The van der Waals surface area contributed by atoms with Gasteiger partial charge in [-0.2, -0.15) is 0 Å². The fourth-order valence-corrected chi connectivity index (χ4v) is 2.39. The van der Waals surface area contributed by atoms with Crippen molar-refractivity contribution in [2.24, 2.45) is 5.92 Å². The van der Waals surface area contributed by atoms with Gasteiger partial charge in [-0.15, -0.1) is 0 Å². The molecule has 1 aliphatic rings. The molecule has 0 aliphatic carbocycles. The fourth-order valence-electron chi connectivity index (χ4n) is 2.39. The van der Waals surface area contributed by atoms with E-state index in [1.807, 2.05) is 13.8 Å². The first-order chi connectivity index (χ1) is 8.32. The van der Waals surface area contributed by atoms with Gasteiger partial charge in [0, 0.05) is 13.1 Å². The van der Waals surface area contributed by atoms with Gasteiger partial charge in [0.1, 0.15) is 0 Å². The van der Waals surface area contributed by atoms with E-state index in [-0.39, 0.29) is 11.9 Å². The molecule has 1 fully saturated rings. The van der Waals surface area contributed by atoms with E-state index >= 15 is 0 Å². The van der Waals surface area contributed by atoms with Gasteiger partial charge in [-0.05, 0) is 45.6 Å². The van der Waals surface area contributed by atoms with E-state index in [0.29, 0.717) is 12.5 Å². The maximum Gasteiger partial charge on any atom is 0.237 e. The minimum atomic E-state index is -0.648. The maximum atomic E-state index is 12.0. The van der Waals surface area contributed by atoms with E-state index in [9.17, 15) is 9.90 Å². The fraction of sp³-hybridized carbons (Fsp3) is 0.929. The van der Waals surface area contributed by atoms with Gasteiger partial charge in [-0.25, -0.2) is 0 Å². The van der Waals surface area contributed by atoms with Crippen molar-refractivity contribution < 1.29 is 9.90 Å². The van der Waals surface area contributed by atoms with Crippen LogP contribution in [0.15, 0.2) is 0 Å². The summed E-state index contributed by atoms with van der Waals surface area (Å²) < 4.78 is 0. The Morgan fingerprint density at radius 1 is 1.44 bits per heavy atom. The molecule has 2 atom stereocenters. The number of rotatable bonds is 5. The van der Waals surface area contributed by atoms with Crippen LogP contribution in [-0.4, -0.2) is 47.2 Å². The lowest BCUT2D eigenvalue weighted by Gasteiger charge is -2.39. The first-order valence-corrected chi connectivity index (χ1v) is 7.06. The normalized spacial score (nSPS) is 27.2. The van der Waals surface area contributed by atoms with Crippen molar-refractivity contribution in [1.82, 2.24) is 10.2 Å². The number of carbonyl (C=O) groups excluding carboxylic acids is 1. The van der Waals surface area contributed by atoms with Gasteiger partial charge in [0.2, 0.25) is 5.91 Å². The summed E-state index contributed by atoms with van der Waals surface area (Å²) >= 11 is 0. The lowest BCUT2D eigenvalue weighted by Crippen LogP contribution is -2.54. The average Bonchev–Trinajstić information content (AvgIpc) is 2.26. The lowest BCUT2D eigenvalue weighted by atomic mass is 9.94. The molecule has 0 aromatic heterocycles. The van der Waals surface area contributed by atoms with Crippen molar-refractivity contribution >= 4 is 5.91 Å². The van der Waals surface area contributed by atoms with Crippen molar-refractivity contribution in [3.05, 3.63) is 0 Å². The van der Waals surface area contributed by atoms with Crippen LogP contribution < -0.4 is 5.32 Å². The summed E-state index contributed by atoms with van der Waals surface area (Å²) in [6.07, 6.45) is 2.79. The SMILES string of the molecule is CC(C)CCNC(=O)C(C)N1CCCC(C)(O)C1. The molecule has 2 unspecified atom stereocenters. The van der Waals surface area contributed by atoms with E-state index in [0.717, 1.165) is 32.4 Å². The lowest BCUT2D eigenvalue weighted by molar-refractivity contribution is -0.128. The Labute approximate surface area is 111 Å². The van der Waals surface area contributed by atoms with Crippen LogP contribution in [-0.2, 0) is 4.79 Å². The van der Waals surface area contributed by atoms with Crippen LogP contribution in [0.5, 0.6) is 0 Å². The summed E-state index contributed by atoms with van der Waals surface area (Å²) in [6, 6.07) is -0.149. The molecule has 106 valence electrons. The van der Waals surface area contributed by atoms with E-state index in [4.69, 9.17) is 0 Å². The predicted octanol–water partition coefficient (Wildman–Crippen LogP) is 1.38. The maximum absolute atomic E-state index is 12.0. The van der Waals surface area contributed by atoms with E-state index in [1.165, 1.54) is 0 Å². The van der Waals surface area contributed by atoms with Gasteiger partial charge in [0.05, 0.1) is 11.6 Å². The van der Waals surface area contributed by atoms with Crippen molar-refractivity contribution in [3.8, 4) is 0 Å². The highest BCUT2D eigenvalue weighted by Crippen LogP contribution is 2.21. The second-order valence-electron chi connectivity index (χ2n) is 6.22. The number of amides is 1. The molecule has 2 N–H and O–H groups in total. The number of aliphatic hydroxyl groups is 1. The van der Waals surface area contributed by atoms with Crippen LogP contribution in [0.25, 0.3) is 0 Å². The molecule has 0 spiro atoms. The Kier molecular flexibility index (Phi) is 5.60. The van der Waals surface area contributed by atoms with Crippen molar-refractivity contribution in [2.45, 2.75) is 58.6 Å². The average molecular weight is 256 g/mol. The van der Waals surface area contributed by atoms with Crippen molar-refractivity contribution in [1.29, 1.82) is 0 Å². The molecule has 18 heavy (non-hydrogen) atoms. The summed E-state index contributed by atoms with van der Waals surface area (Å²) in [5, 5.41) is 13.0. The van der Waals surface area contributed by atoms with Gasteiger partial charge >= 0.3 is 0 Å². The second-order valence-corrected chi connectivity index (χ2v) is 6.22. The number of piperidine rings is 1. The molecule has 4 nitrogen and oxygen atoms in total. The zero-order valence-electron chi connectivity index (χ0n) is 12.2. The topological polar surface area (TPSA) is 52.6 Å². The number of likely N-dealkylation sites (tertiary alicyclic amines) is 1. The number of nitrogens with one attached hydrogen (secondary N) is 1. The van der Waals surface area contributed by atoms with Crippen LogP contribution in [0, 0.1) is 5.92 Å². The summed E-state index contributed by atoms with van der Waals surface area (Å²) in [5.41, 5.74) is -0.648. The van der Waals surface area contributed by atoms with Crippen LogP contribution >= 0.6 is 0 Å². The van der Waals surface area contributed by atoms with Gasteiger partial charge in [0.15, 0.2) is 0 Å². The molecule has 1 heterocycles. The molecule has 1 amide bonds. The summed E-state index contributed by atoms with van der Waals surface area (Å²) in [6.45, 7) is 10.3. The van der Waals surface area contributed by atoms with Crippen LogP contribution in [0.3, 0.4) is 0 Å². The third kappa shape index (κ3) is 4.94. The highest BCUT2D eigenvalue weighted by atomic mass is 16.3. The summed E-state index contributed by atoms with van der Waals surface area (Å²) in [7, 11) is 0. The molecule has 0 bridgehead atoms. The van der Waals surface area contributed by atoms with Crippen LogP contribution in [0.2, 0.25) is 0 Å². The van der Waals surface area contributed by atoms with E-state index < -0.39 is 5.60 Å². The minimum Gasteiger partial charge on any atom is -0.389 e. The van der Waals surface area contributed by atoms with E-state index in [1.54, 1.807) is 0 Å². The number of hydrogen-bond acceptors (Lipinski definition) is 3. The first kappa shape index (κ1) is 15.4. The van der Waals surface area contributed by atoms with Gasteiger partial charge in [-0.1, -0.05) is 13.8 Å². The molecule has 1 rings (SSSR count). The predicted molar refractivity (Wildman–Crippen MR) is 73.4 cm³/mol. The minimum absolute atomic E-state index is 0.0772. The quantitative estimate of drug-likeness (QED) is 0.781. The largest absolute Gasteiger partial charge is 0.389 e. The van der Waals surface area contributed by atoms with Gasteiger partial charge in [0.25, 0.3) is 0 Å². The third-order valence-corrected chi connectivity index (χ3v) is 3.65. The monoisotopic (exact) mass is 256 g/mol. The Morgan fingerprint density at radius 2 is 2.11 bits per heavy atom. The summed E-state index contributed by atoms with van der Waals surface area (Å²) in [5.74, 6) is 0.685. The first-order valence-electron chi connectivity index (χ1n) is 7.06.